The number of nitrogens with one attached hydrogen (secondary N) is 1. The Morgan fingerprint density at radius 2 is 2.20 bits per heavy atom. The number of aromatic nitrogens is 4. The Morgan fingerprint density at radius 3 is 2.85 bits per heavy atom. The molecule has 0 bridgehead atoms. The summed E-state index contributed by atoms with van der Waals surface area (Å²) >= 11 is 0. The molecule has 2 aromatic rings. The lowest BCUT2D eigenvalue weighted by Gasteiger charge is -2.16. The van der Waals surface area contributed by atoms with E-state index >= 15 is 0 Å². The summed E-state index contributed by atoms with van der Waals surface area (Å²) in [5.74, 6) is 1.20. The van der Waals surface area contributed by atoms with Crippen molar-refractivity contribution in [2.24, 2.45) is 5.73 Å². The Hall–Kier alpha value is -1.73. The summed E-state index contributed by atoms with van der Waals surface area (Å²) in [5, 5.41) is 3.99. The highest BCUT2D eigenvalue weighted by Gasteiger charge is 2.16. The van der Waals surface area contributed by atoms with Gasteiger partial charge in [-0.1, -0.05) is 19.0 Å². The molecule has 0 aliphatic heterocycles. The lowest BCUT2D eigenvalue weighted by Crippen LogP contribution is -2.25. The predicted molar refractivity (Wildman–Crippen MR) is 75.0 cm³/mol. The molecule has 0 saturated carbocycles. The van der Waals surface area contributed by atoms with Gasteiger partial charge < -0.3 is 20.1 Å². The zero-order valence-corrected chi connectivity index (χ0v) is 12.0. The SMILES string of the molecule is CCN(CC)CCc1noc([C@@H](N)Cc2cnc[nH]2)n1. The summed E-state index contributed by atoms with van der Waals surface area (Å²) in [6, 6.07) is -0.301. The summed E-state index contributed by atoms with van der Waals surface area (Å²) in [5.41, 5.74) is 7.01. The molecule has 0 unspecified atom stereocenters. The number of imidazole rings is 1. The zero-order valence-electron chi connectivity index (χ0n) is 12.0. The fourth-order valence-electron chi connectivity index (χ4n) is 2.04. The second-order valence-corrected chi connectivity index (χ2v) is 4.71. The van der Waals surface area contributed by atoms with Gasteiger partial charge in [-0.25, -0.2) is 4.98 Å². The molecule has 2 aromatic heterocycles. The lowest BCUT2D eigenvalue weighted by molar-refractivity contribution is 0.302. The number of hydrogen-bond acceptors (Lipinski definition) is 6. The van der Waals surface area contributed by atoms with Gasteiger partial charge in [0.25, 0.3) is 0 Å². The number of H-pyrrole nitrogens is 1. The molecule has 0 saturated heterocycles. The molecular formula is C13H22N6O. The maximum Gasteiger partial charge on any atom is 0.243 e. The van der Waals surface area contributed by atoms with Crippen LogP contribution in [0.4, 0.5) is 0 Å². The molecule has 1 atom stereocenters. The molecule has 20 heavy (non-hydrogen) atoms. The maximum atomic E-state index is 6.05. The minimum Gasteiger partial charge on any atom is -0.348 e. The normalized spacial score (nSPS) is 13.0. The fraction of sp³-hybridized carbons (Fsp3) is 0.615. The van der Waals surface area contributed by atoms with Crippen LogP contribution in [0.3, 0.4) is 0 Å². The molecule has 3 N–H and O–H groups in total. The molecule has 0 fully saturated rings. The number of aromatic amines is 1. The first kappa shape index (κ1) is 14.7. The zero-order chi connectivity index (χ0) is 14.4. The molecule has 0 aromatic carbocycles. The Morgan fingerprint density at radius 1 is 1.40 bits per heavy atom. The van der Waals surface area contributed by atoms with E-state index in [0.717, 1.165) is 31.7 Å². The van der Waals surface area contributed by atoms with E-state index in [9.17, 15) is 0 Å². The number of rotatable bonds is 8. The van der Waals surface area contributed by atoms with E-state index in [4.69, 9.17) is 10.3 Å². The highest BCUT2D eigenvalue weighted by molar-refractivity contribution is 5.02. The first-order valence-electron chi connectivity index (χ1n) is 7.00. The van der Waals surface area contributed by atoms with E-state index in [1.54, 1.807) is 12.5 Å². The Labute approximate surface area is 118 Å². The van der Waals surface area contributed by atoms with Crippen LogP contribution >= 0.6 is 0 Å². The first-order chi connectivity index (χ1) is 9.72. The van der Waals surface area contributed by atoms with Crippen LogP contribution in [0.2, 0.25) is 0 Å². The molecule has 0 spiro atoms. The highest BCUT2D eigenvalue weighted by atomic mass is 16.5. The van der Waals surface area contributed by atoms with Crippen molar-refractivity contribution in [3.63, 3.8) is 0 Å². The Bertz CT molecular complexity index is 491. The average molecular weight is 278 g/mol. The number of nitrogens with two attached hydrogens (primary N) is 1. The second kappa shape index (κ2) is 7.16. The molecule has 7 heteroatoms. The van der Waals surface area contributed by atoms with Crippen molar-refractivity contribution in [2.75, 3.05) is 19.6 Å². The molecular weight excluding hydrogens is 256 g/mol. The van der Waals surface area contributed by atoms with Gasteiger partial charge in [0.1, 0.15) is 0 Å². The first-order valence-corrected chi connectivity index (χ1v) is 7.00. The fourth-order valence-corrected chi connectivity index (χ4v) is 2.04. The van der Waals surface area contributed by atoms with Crippen molar-refractivity contribution in [1.82, 2.24) is 25.0 Å². The van der Waals surface area contributed by atoms with Crippen LogP contribution in [0.15, 0.2) is 17.0 Å². The van der Waals surface area contributed by atoms with Gasteiger partial charge in [0.2, 0.25) is 5.89 Å². The average Bonchev–Trinajstić information content (AvgIpc) is 3.11. The van der Waals surface area contributed by atoms with Crippen molar-refractivity contribution in [3.05, 3.63) is 29.9 Å². The van der Waals surface area contributed by atoms with Gasteiger partial charge in [-0.2, -0.15) is 4.98 Å². The molecule has 0 radical (unpaired) electrons. The summed E-state index contributed by atoms with van der Waals surface area (Å²) in [7, 11) is 0. The Balaban J connectivity index is 1.88. The lowest BCUT2D eigenvalue weighted by atomic mass is 10.2. The van der Waals surface area contributed by atoms with Crippen LogP contribution in [0.1, 0.15) is 37.3 Å². The number of nitrogens with zero attached hydrogens (tertiary/aromatic N) is 4. The van der Waals surface area contributed by atoms with Gasteiger partial charge >= 0.3 is 0 Å². The van der Waals surface area contributed by atoms with Crippen LogP contribution in [-0.2, 0) is 12.8 Å². The largest absolute Gasteiger partial charge is 0.348 e. The molecule has 0 aliphatic carbocycles. The third kappa shape index (κ3) is 3.88. The van der Waals surface area contributed by atoms with E-state index in [1.165, 1.54) is 0 Å². The minimum atomic E-state index is -0.301. The topological polar surface area (TPSA) is 96.9 Å². The van der Waals surface area contributed by atoms with Crippen molar-refractivity contribution in [3.8, 4) is 0 Å². The van der Waals surface area contributed by atoms with Crippen LogP contribution in [-0.4, -0.2) is 44.6 Å². The van der Waals surface area contributed by atoms with E-state index in [0.29, 0.717) is 18.1 Å². The predicted octanol–water partition coefficient (Wildman–Crippen LogP) is 0.919. The molecule has 2 heterocycles. The summed E-state index contributed by atoms with van der Waals surface area (Å²) in [6.45, 7) is 7.28. The third-order valence-electron chi connectivity index (χ3n) is 3.34. The summed E-state index contributed by atoms with van der Waals surface area (Å²) < 4.78 is 5.24. The number of likely N-dealkylation sites (N-methyl/N-ethyl adjacent to an activating group) is 1. The highest BCUT2D eigenvalue weighted by Crippen LogP contribution is 2.12. The third-order valence-corrected chi connectivity index (χ3v) is 3.34. The van der Waals surface area contributed by atoms with E-state index < -0.39 is 0 Å². The molecule has 110 valence electrons. The van der Waals surface area contributed by atoms with Crippen molar-refractivity contribution in [1.29, 1.82) is 0 Å². The smallest absolute Gasteiger partial charge is 0.243 e. The van der Waals surface area contributed by atoms with Crippen molar-refractivity contribution in [2.45, 2.75) is 32.7 Å². The second-order valence-electron chi connectivity index (χ2n) is 4.71. The molecule has 0 aliphatic rings. The molecule has 7 nitrogen and oxygen atoms in total. The van der Waals surface area contributed by atoms with Gasteiger partial charge in [0, 0.05) is 31.3 Å². The standard InChI is InChI=1S/C13H22N6O/c1-3-19(4-2)6-5-12-17-13(20-18-12)11(14)7-10-8-15-9-16-10/h8-9,11H,3-7,14H2,1-2H3,(H,15,16)/t11-/m0/s1. The van der Waals surface area contributed by atoms with E-state index in [-0.39, 0.29) is 6.04 Å². The van der Waals surface area contributed by atoms with Crippen LogP contribution in [0.5, 0.6) is 0 Å². The van der Waals surface area contributed by atoms with Gasteiger partial charge in [0.05, 0.1) is 12.4 Å². The number of hydrogen-bond donors (Lipinski definition) is 2. The van der Waals surface area contributed by atoms with Gasteiger partial charge in [-0.3, -0.25) is 0 Å². The van der Waals surface area contributed by atoms with E-state index in [2.05, 4.69) is 38.9 Å². The summed E-state index contributed by atoms with van der Waals surface area (Å²) in [6.07, 6.45) is 4.77. The maximum absolute atomic E-state index is 6.05. The molecule has 2 rings (SSSR count). The van der Waals surface area contributed by atoms with Crippen LogP contribution in [0, 0.1) is 0 Å². The monoisotopic (exact) mass is 278 g/mol. The van der Waals surface area contributed by atoms with Crippen LogP contribution in [0.25, 0.3) is 0 Å². The molecule has 0 amide bonds. The Kier molecular flexibility index (Phi) is 5.25. The summed E-state index contributed by atoms with van der Waals surface area (Å²) in [4.78, 5) is 13.7. The minimum absolute atomic E-state index is 0.301. The van der Waals surface area contributed by atoms with E-state index in [1.807, 2.05) is 0 Å². The van der Waals surface area contributed by atoms with Gasteiger partial charge in [-0.05, 0) is 13.1 Å². The van der Waals surface area contributed by atoms with Crippen molar-refractivity contribution < 1.29 is 4.52 Å². The van der Waals surface area contributed by atoms with Crippen LogP contribution < -0.4 is 5.73 Å². The van der Waals surface area contributed by atoms with Gasteiger partial charge in [0.15, 0.2) is 5.82 Å². The quantitative estimate of drug-likeness (QED) is 0.745. The van der Waals surface area contributed by atoms with Crippen molar-refractivity contribution >= 4 is 0 Å². The van der Waals surface area contributed by atoms with Gasteiger partial charge in [-0.15, -0.1) is 0 Å².